The molecule has 0 fully saturated rings. The first-order chi connectivity index (χ1) is 9.27. The summed E-state index contributed by atoms with van der Waals surface area (Å²) >= 11 is 0. The smallest absolute Gasteiger partial charge is 0.0512 e. The van der Waals surface area contributed by atoms with Crippen LogP contribution in [0.25, 0.3) is 0 Å². The molecule has 1 N–H and O–H groups in total. The Kier molecular flexibility index (Phi) is 16.0. The normalized spacial score (nSPS) is 12.8. The van der Waals surface area contributed by atoms with Crippen molar-refractivity contribution >= 4 is 0 Å². The lowest BCUT2D eigenvalue weighted by Crippen LogP contribution is -1.98. The van der Waals surface area contributed by atoms with E-state index in [9.17, 15) is 0 Å². The molecule has 0 saturated carbocycles. The first kappa shape index (κ1) is 19.0. The van der Waals surface area contributed by atoms with Gasteiger partial charge in [-0.2, -0.15) is 0 Å². The van der Waals surface area contributed by atoms with Gasteiger partial charge in [0.15, 0.2) is 0 Å². The summed E-state index contributed by atoms with van der Waals surface area (Å²) in [4.78, 5) is 0. The molecule has 0 saturated heterocycles. The van der Waals surface area contributed by atoms with Crippen LogP contribution in [0, 0.1) is 0 Å². The molecule has 0 unspecified atom stereocenters. The van der Waals surface area contributed by atoms with Gasteiger partial charge in [-0.15, -0.1) is 0 Å². The van der Waals surface area contributed by atoms with E-state index in [0.29, 0.717) is 0 Å². The Balaban J connectivity index is 2.91. The summed E-state index contributed by atoms with van der Waals surface area (Å²) in [7, 11) is 0. The zero-order valence-corrected chi connectivity index (χ0v) is 13.6. The van der Waals surface area contributed by atoms with Crippen molar-refractivity contribution in [3.05, 3.63) is 0 Å². The standard InChI is InChI=1S/C18H38O/c1-3-4-5-6-7-8-9-10-11-12-13-14-15-16-17-18(2)19/h18-19H,3-17H2,1-2H3/t18-/m1/s1. The fourth-order valence-corrected chi connectivity index (χ4v) is 2.63. The Morgan fingerprint density at radius 3 is 1.21 bits per heavy atom. The quantitative estimate of drug-likeness (QED) is 0.349. The number of unbranched alkanes of at least 4 members (excludes halogenated alkanes) is 13. The monoisotopic (exact) mass is 270 g/mol. The fraction of sp³-hybridized carbons (Fsp3) is 1.00. The van der Waals surface area contributed by atoms with E-state index < -0.39 is 0 Å². The van der Waals surface area contributed by atoms with Crippen LogP contribution in [-0.2, 0) is 0 Å². The molecular weight excluding hydrogens is 232 g/mol. The second kappa shape index (κ2) is 16.0. The molecule has 0 bridgehead atoms. The first-order valence-corrected chi connectivity index (χ1v) is 8.95. The highest BCUT2D eigenvalue weighted by Gasteiger charge is 1.96. The van der Waals surface area contributed by atoms with Crippen molar-refractivity contribution < 1.29 is 5.11 Å². The zero-order chi connectivity index (χ0) is 14.2. The van der Waals surface area contributed by atoms with Gasteiger partial charge in [-0.1, -0.05) is 96.8 Å². The second-order valence-electron chi connectivity index (χ2n) is 6.23. The molecule has 1 atom stereocenters. The van der Waals surface area contributed by atoms with E-state index in [1.807, 2.05) is 6.92 Å². The molecule has 0 rings (SSSR count). The van der Waals surface area contributed by atoms with Gasteiger partial charge < -0.3 is 5.11 Å². The van der Waals surface area contributed by atoms with Crippen LogP contribution in [-0.4, -0.2) is 11.2 Å². The molecule has 0 spiro atoms. The van der Waals surface area contributed by atoms with Gasteiger partial charge in [0, 0.05) is 0 Å². The summed E-state index contributed by atoms with van der Waals surface area (Å²) in [5.74, 6) is 0. The van der Waals surface area contributed by atoms with Crippen LogP contribution in [0.4, 0.5) is 0 Å². The molecule has 0 aromatic heterocycles. The molecule has 116 valence electrons. The van der Waals surface area contributed by atoms with Crippen LogP contribution in [0.3, 0.4) is 0 Å². The van der Waals surface area contributed by atoms with E-state index in [1.54, 1.807) is 0 Å². The maximum Gasteiger partial charge on any atom is 0.0512 e. The minimum absolute atomic E-state index is 0.0997. The Bertz CT molecular complexity index is 154. The molecule has 1 nitrogen and oxygen atoms in total. The van der Waals surface area contributed by atoms with Crippen LogP contribution in [0.15, 0.2) is 0 Å². The molecule has 0 amide bonds. The van der Waals surface area contributed by atoms with Crippen molar-refractivity contribution in [1.82, 2.24) is 0 Å². The Morgan fingerprint density at radius 2 is 0.895 bits per heavy atom. The van der Waals surface area contributed by atoms with E-state index >= 15 is 0 Å². The maximum atomic E-state index is 9.14. The minimum atomic E-state index is -0.0997. The van der Waals surface area contributed by atoms with Crippen LogP contribution in [0.2, 0.25) is 0 Å². The van der Waals surface area contributed by atoms with E-state index in [4.69, 9.17) is 5.11 Å². The Morgan fingerprint density at radius 1 is 0.579 bits per heavy atom. The lowest BCUT2D eigenvalue weighted by atomic mass is 10.0. The third-order valence-corrected chi connectivity index (χ3v) is 3.98. The molecule has 0 heterocycles. The Hall–Kier alpha value is -0.0400. The zero-order valence-electron chi connectivity index (χ0n) is 13.6. The largest absolute Gasteiger partial charge is 0.393 e. The second-order valence-corrected chi connectivity index (χ2v) is 6.23. The molecule has 1 heteroatoms. The highest BCUT2D eigenvalue weighted by molar-refractivity contribution is 4.51. The lowest BCUT2D eigenvalue weighted by Gasteiger charge is -2.04. The molecule has 0 aromatic carbocycles. The van der Waals surface area contributed by atoms with Crippen molar-refractivity contribution in [1.29, 1.82) is 0 Å². The van der Waals surface area contributed by atoms with Gasteiger partial charge in [-0.25, -0.2) is 0 Å². The third kappa shape index (κ3) is 18.0. The van der Waals surface area contributed by atoms with Gasteiger partial charge in [0.05, 0.1) is 6.10 Å². The summed E-state index contributed by atoms with van der Waals surface area (Å²) in [6.45, 7) is 4.17. The number of hydrogen-bond donors (Lipinski definition) is 1. The summed E-state index contributed by atoms with van der Waals surface area (Å²) in [6.07, 6.45) is 20.5. The van der Waals surface area contributed by atoms with Crippen LogP contribution in [0.1, 0.15) is 110 Å². The number of aliphatic hydroxyl groups excluding tert-OH is 1. The highest BCUT2D eigenvalue weighted by Crippen LogP contribution is 2.13. The lowest BCUT2D eigenvalue weighted by molar-refractivity contribution is 0.180. The summed E-state index contributed by atoms with van der Waals surface area (Å²) in [5, 5.41) is 9.14. The average molecular weight is 271 g/mol. The molecular formula is C18H38O. The summed E-state index contributed by atoms with van der Waals surface area (Å²) < 4.78 is 0. The van der Waals surface area contributed by atoms with Gasteiger partial charge in [0.25, 0.3) is 0 Å². The first-order valence-electron chi connectivity index (χ1n) is 8.95. The van der Waals surface area contributed by atoms with Crippen molar-refractivity contribution in [2.45, 2.75) is 116 Å². The summed E-state index contributed by atoms with van der Waals surface area (Å²) in [5.41, 5.74) is 0. The van der Waals surface area contributed by atoms with Crippen molar-refractivity contribution in [2.75, 3.05) is 0 Å². The minimum Gasteiger partial charge on any atom is -0.393 e. The van der Waals surface area contributed by atoms with Crippen molar-refractivity contribution in [2.24, 2.45) is 0 Å². The average Bonchev–Trinajstić information content (AvgIpc) is 2.39. The number of hydrogen-bond acceptors (Lipinski definition) is 1. The van der Waals surface area contributed by atoms with Gasteiger partial charge in [0.2, 0.25) is 0 Å². The predicted molar refractivity (Wildman–Crippen MR) is 86.6 cm³/mol. The van der Waals surface area contributed by atoms with Gasteiger partial charge in [-0.05, 0) is 13.3 Å². The fourth-order valence-electron chi connectivity index (χ4n) is 2.63. The highest BCUT2D eigenvalue weighted by atomic mass is 16.3. The molecule has 0 aliphatic heterocycles. The molecule has 19 heavy (non-hydrogen) atoms. The third-order valence-electron chi connectivity index (χ3n) is 3.98. The van der Waals surface area contributed by atoms with E-state index in [0.717, 1.165) is 6.42 Å². The van der Waals surface area contributed by atoms with Crippen LogP contribution < -0.4 is 0 Å². The molecule has 0 aliphatic rings. The Labute approximate surface area is 122 Å². The topological polar surface area (TPSA) is 20.2 Å². The van der Waals surface area contributed by atoms with E-state index in [2.05, 4.69) is 6.92 Å². The van der Waals surface area contributed by atoms with Crippen molar-refractivity contribution in [3.8, 4) is 0 Å². The van der Waals surface area contributed by atoms with E-state index in [1.165, 1.54) is 89.9 Å². The SMILES string of the molecule is CCCCCCCCCCCCCCCC[C@@H](C)O. The number of aliphatic hydroxyl groups is 1. The van der Waals surface area contributed by atoms with Gasteiger partial charge in [0.1, 0.15) is 0 Å². The summed E-state index contributed by atoms with van der Waals surface area (Å²) in [6, 6.07) is 0. The van der Waals surface area contributed by atoms with Gasteiger partial charge >= 0.3 is 0 Å². The van der Waals surface area contributed by atoms with Crippen LogP contribution in [0.5, 0.6) is 0 Å². The van der Waals surface area contributed by atoms with Crippen LogP contribution >= 0.6 is 0 Å². The molecule has 0 radical (unpaired) electrons. The molecule has 0 aromatic rings. The maximum absolute atomic E-state index is 9.14. The molecule has 0 aliphatic carbocycles. The van der Waals surface area contributed by atoms with E-state index in [-0.39, 0.29) is 6.10 Å². The van der Waals surface area contributed by atoms with Gasteiger partial charge in [-0.3, -0.25) is 0 Å². The number of rotatable bonds is 15. The van der Waals surface area contributed by atoms with Crippen molar-refractivity contribution in [3.63, 3.8) is 0 Å². The predicted octanol–water partition coefficient (Wildman–Crippen LogP) is 6.24.